The summed E-state index contributed by atoms with van der Waals surface area (Å²) in [5.74, 6) is -0.525. The lowest BCUT2D eigenvalue weighted by molar-refractivity contribution is -0.125. The first-order valence-electron chi connectivity index (χ1n) is 11.5. The molecule has 2 N–H and O–H groups in total. The van der Waals surface area contributed by atoms with Crippen LogP contribution in [0.3, 0.4) is 0 Å². The van der Waals surface area contributed by atoms with Crippen molar-refractivity contribution in [1.29, 1.82) is 0 Å². The Balaban J connectivity index is 1.74. The number of hydrogen-bond donors (Lipinski definition) is 2. The number of benzene rings is 2. The van der Waals surface area contributed by atoms with E-state index in [1.165, 1.54) is 16.4 Å². The number of carbonyl (C=O) groups excluding carboxylic acids is 2. The molecule has 184 valence electrons. The summed E-state index contributed by atoms with van der Waals surface area (Å²) >= 11 is 5.89. The number of sulfonamides is 1. The van der Waals surface area contributed by atoms with Crippen LogP contribution in [0.1, 0.15) is 44.0 Å². The fourth-order valence-electron chi connectivity index (χ4n) is 3.90. The first kappa shape index (κ1) is 26.2. The summed E-state index contributed by atoms with van der Waals surface area (Å²) < 4.78 is 27.5. The number of nitrogens with one attached hydrogen (secondary N) is 2. The van der Waals surface area contributed by atoms with Crippen molar-refractivity contribution in [3.05, 3.63) is 65.2 Å². The van der Waals surface area contributed by atoms with Gasteiger partial charge in [-0.15, -0.1) is 0 Å². The molecule has 34 heavy (non-hydrogen) atoms. The molecule has 1 aliphatic rings. The Bertz CT molecular complexity index is 1080. The summed E-state index contributed by atoms with van der Waals surface area (Å²) in [5, 5.41) is 6.38. The van der Waals surface area contributed by atoms with Crippen LogP contribution in [0.2, 0.25) is 5.02 Å². The molecule has 0 spiro atoms. The van der Waals surface area contributed by atoms with Gasteiger partial charge in [0.15, 0.2) is 0 Å². The minimum atomic E-state index is -3.66. The van der Waals surface area contributed by atoms with Crippen molar-refractivity contribution < 1.29 is 18.0 Å². The number of hydrogen-bond acceptors (Lipinski definition) is 4. The number of halogens is 1. The van der Waals surface area contributed by atoms with E-state index in [2.05, 4.69) is 10.6 Å². The molecule has 0 aromatic heterocycles. The summed E-state index contributed by atoms with van der Waals surface area (Å²) in [6, 6.07) is 14.0. The second-order valence-electron chi connectivity index (χ2n) is 9.05. The van der Waals surface area contributed by atoms with E-state index in [9.17, 15) is 18.0 Å². The third-order valence-electron chi connectivity index (χ3n) is 6.40. The zero-order chi connectivity index (χ0) is 24.9. The average molecular weight is 506 g/mol. The van der Waals surface area contributed by atoms with Crippen LogP contribution in [-0.2, 0) is 14.8 Å². The number of amides is 2. The van der Waals surface area contributed by atoms with Gasteiger partial charge in [0.25, 0.3) is 5.91 Å². The molecule has 1 aliphatic heterocycles. The van der Waals surface area contributed by atoms with Crippen LogP contribution in [0.5, 0.6) is 0 Å². The van der Waals surface area contributed by atoms with Crippen LogP contribution in [-0.4, -0.2) is 49.7 Å². The molecule has 0 unspecified atom stereocenters. The summed E-state index contributed by atoms with van der Waals surface area (Å²) in [7, 11) is -3.66. The highest BCUT2D eigenvalue weighted by Gasteiger charge is 2.36. The maximum atomic E-state index is 13.2. The molecule has 2 amide bonds. The van der Waals surface area contributed by atoms with Crippen molar-refractivity contribution in [3.8, 4) is 0 Å². The van der Waals surface area contributed by atoms with E-state index in [0.717, 1.165) is 0 Å². The second kappa shape index (κ2) is 11.3. The minimum Gasteiger partial charge on any atom is -0.352 e. The number of carbonyl (C=O) groups is 2. The topological polar surface area (TPSA) is 95.6 Å². The Morgan fingerprint density at radius 2 is 1.53 bits per heavy atom. The van der Waals surface area contributed by atoms with Gasteiger partial charge >= 0.3 is 0 Å². The van der Waals surface area contributed by atoms with E-state index in [-0.39, 0.29) is 47.7 Å². The summed E-state index contributed by atoms with van der Waals surface area (Å²) in [6.45, 7) is 6.49. The average Bonchev–Trinajstić information content (AvgIpc) is 2.83. The highest BCUT2D eigenvalue weighted by molar-refractivity contribution is 7.89. The highest BCUT2D eigenvalue weighted by Crippen LogP contribution is 2.27. The fourth-order valence-corrected chi connectivity index (χ4v) is 5.49. The molecule has 3 rings (SSSR count). The number of piperidine rings is 1. The van der Waals surface area contributed by atoms with E-state index in [1.807, 2.05) is 26.8 Å². The van der Waals surface area contributed by atoms with Gasteiger partial charge in [-0.25, -0.2) is 8.42 Å². The van der Waals surface area contributed by atoms with Crippen molar-refractivity contribution in [2.45, 2.75) is 50.6 Å². The third-order valence-corrected chi connectivity index (χ3v) is 8.56. The predicted molar refractivity (Wildman–Crippen MR) is 133 cm³/mol. The molecule has 1 fully saturated rings. The summed E-state index contributed by atoms with van der Waals surface area (Å²) in [4.78, 5) is 26.2. The smallest absolute Gasteiger partial charge is 0.251 e. The van der Waals surface area contributed by atoms with Crippen LogP contribution >= 0.6 is 11.6 Å². The zero-order valence-electron chi connectivity index (χ0n) is 19.7. The maximum absolute atomic E-state index is 13.2. The van der Waals surface area contributed by atoms with Crippen LogP contribution < -0.4 is 10.6 Å². The van der Waals surface area contributed by atoms with Gasteiger partial charge in [-0.05, 0) is 68.0 Å². The van der Waals surface area contributed by atoms with Gasteiger partial charge in [0.2, 0.25) is 15.9 Å². The molecule has 1 saturated heterocycles. The molecule has 2 aromatic carbocycles. The van der Waals surface area contributed by atoms with Gasteiger partial charge in [0, 0.05) is 29.7 Å². The van der Waals surface area contributed by atoms with Crippen LogP contribution in [0.25, 0.3) is 0 Å². The molecule has 2 aromatic rings. The lowest BCUT2D eigenvalue weighted by atomic mass is 9.89. The van der Waals surface area contributed by atoms with Gasteiger partial charge in [-0.1, -0.05) is 43.6 Å². The normalized spacial score (nSPS) is 17.2. The Hall–Kier alpha value is -2.42. The summed E-state index contributed by atoms with van der Waals surface area (Å²) in [6.07, 6.45) is 0.909. The molecular weight excluding hydrogens is 474 g/mol. The Morgan fingerprint density at radius 3 is 2.09 bits per heavy atom. The lowest BCUT2D eigenvalue weighted by Crippen LogP contribution is -2.55. The van der Waals surface area contributed by atoms with E-state index in [4.69, 9.17) is 11.6 Å². The zero-order valence-corrected chi connectivity index (χ0v) is 21.3. The first-order valence-corrected chi connectivity index (χ1v) is 13.3. The molecule has 0 saturated carbocycles. The van der Waals surface area contributed by atoms with Crippen LogP contribution in [0.4, 0.5) is 0 Å². The maximum Gasteiger partial charge on any atom is 0.251 e. The molecule has 0 bridgehead atoms. The molecular formula is C25H32ClN3O4S. The van der Waals surface area contributed by atoms with Gasteiger partial charge < -0.3 is 10.6 Å². The lowest BCUT2D eigenvalue weighted by Gasteiger charge is -2.35. The molecule has 0 radical (unpaired) electrons. The molecule has 9 heteroatoms. The Kier molecular flexibility index (Phi) is 8.73. The standard InChI is InChI=1S/C25H32ClN3O4S/c1-17(2)18(3)27-25(31)23(28-24(30)20-7-5-4-6-8-20)19-13-15-29(16-14-19)34(32,33)22-11-9-21(26)10-12-22/h4-12,17-19,23H,13-16H2,1-3H3,(H,27,31)(H,28,30)/t18-,23+/m1/s1. The van der Waals surface area contributed by atoms with Crippen molar-refractivity contribution >= 4 is 33.4 Å². The monoisotopic (exact) mass is 505 g/mol. The van der Waals surface area contributed by atoms with Crippen LogP contribution in [0, 0.1) is 11.8 Å². The first-order chi connectivity index (χ1) is 16.1. The van der Waals surface area contributed by atoms with Crippen molar-refractivity contribution in [3.63, 3.8) is 0 Å². The molecule has 2 atom stereocenters. The van der Waals surface area contributed by atoms with E-state index < -0.39 is 16.1 Å². The second-order valence-corrected chi connectivity index (χ2v) is 11.4. The largest absolute Gasteiger partial charge is 0.352 e. The highest BCUT2D eigenvalue weighted by atomic mass is 35.5. The van der Waals surface area contributed by atoms with Crippen molar-refractivity contribution in [2.24, 2.45) is 11.8 Å². The SMILES string of the molecule is CC(C)[C@@H](C)NC(=O)[C@@H](NC(=O)c1ccccc1)C1CCN(S(=O)(=O)c2ccc(Cl)cc2)CC1. The van der Waals surface area contributed by atoms with Crippen molar-refractivity contribution in [1.82, 2.24) is 14.9 Å². The van der Waals surface area contributed by atoms with E-state index in [0.29, 0.717) is 23.4 Å². The van der Waals surface area contributed by atoms with Gasteiger partial charge in [-0.3, -0.25) is 9.59 Å². The van der Waals surface area contributed by atoms with Gasteiger partial charge in [0.05, 0.1) is 4.90 Å². The Morgan fingerprint density at radius 1 is 0.941 bits per heavy atom. The molecule has 7 nitrogen and oxygen atoms in total. The number of rotatable bonds is 8. The third kappa shape index (κ3) is 6.37. The quantitative estimate of drug-likeness (QED) is 0.571. The van der Waals surface area contributed by atoms with E-state index >= 15 is 0 Å². The molecule has 0 aliphatic carbocycles. The van der Waals surface area contributed by atoms with E-state index in [1.54, 1.807) is 36.4 Å². The fraction of sp³-hybridized carbons (Fsp3) is 0.440. The van der Waals surface area contributed by atoms with Crippen LogP contribution in [0.15, 0.2) is 59.5 Å². The summed E-state index contributed by atoms with van der Waals surface area (Å²) in [5.41, 5.74) is 0.472. The van der Waals surface area contributed by atoms with Gasteiger partial charge in [0.1, 0.15) is 6.04 Å². The Labute approximate surface area is 206 Å². The molecule has 1 heterocycles. The number of nitrogens with zero attached hydrogens (tertiary/aromatic N) is 1. The van der Waals surface area contributed by atoms with Crippen molar-refractivity contribution in [2.75, 3.05) is 13.1 Å². The predicted octanol–water partition coefficient (Wildman–Crippen LogP) is 3.70. The minimum absolute atomic E-state index is 0.0611. The van der Waals surface area contributed by atoms with Gasteiger partial charge in [-0.2, -0.15) is 4.31 Å².